The predicted octanol–water partition coefficient (Wildman–Crippen LogP) is 4.74. The van der Waals surface area contributed by atoms with Gasteiger partial charge in [0, 0.05) is 6.54 Å². The van der Waals surface area contributed by atoms with Crippen LogP contribution in [-0.4, -0.2) is 26.1 Å². The van der Waals surface area contributed by atoms with Crippen molar-refractivity contribution in [1.29, 1.82) is 0 Å². The molecule has 1 aromatic carbocycles. The van der Waals surface area contributed by atoms with Gasteiger partial charge in [0.1, 0.15) is 17.3 Å². The Balaban J connectivity index is 1.94. The van der Waals surface area contributed by atoms with Crippen molar-refractivity contribution in [3.8, 4) is 11.1 Å². The van der Waals surface area contributed by atoms with Gasteiger partial charge < -0.3 is 5.32 Å². The summed E-state index contributed by atoms with van der Waals surface area (Å²) in [7, 11) is 0. The van der Waals surface area contributed by atoms with Crippen molar-refractivity contribution in [2.75, 3.05) is 11.9 Å². The van der Waals surface area contributed by atoms with Crippen molar-refractivity contribution in [1.82, 2.24) is 19.6 Å². The second-order valence-electron chi connectivity index (χ2n) is 6.57. The van der Waals surface area contributed by atoms with E-state index in [2.05, 4.69) is 20.4 Å². The van der Waals surface area contributed by atoms with Crippen molar-refractivity contribution in [3.05, 3.63) is 40.6 Å². The summed E-state index contributed by atoms with van der Waals surface area (Å²) in [5.41, 5.74) is -1.63. The molecule has 0 aliphatic heterocycles. The van der Waals surface area contributed by atoms with E-state index in [1.165, 1.54) is 0 Å². The lowest BCUT2D eigenvalue weighted by atomic mass is 10.0. The fourth-order valence-corrected chi connectivity index (χ4v) is 3.74. The van der Waals surface area contributed by atoms with Crippen LogP contribution in [0.2, 0.25) is 5.15 Å². The van der Waals surface area contributed by atoms with Crippen LogP contribution in [0.5, 0.6) is 0 Å². The molecule has 148 valence electrons. The van der Waals surface area contributed by atoms with Crippen LogP contribution < -0.4 is 5.32 Å². The summed E-state index contributed by atoms with van der Waals surface area (Å²) in [6.07, 6.45) is 5.19. The molecule has 1 aliphatic rings. The van der Waals surface area contributed by atoms with E-state index in [4.69, 9.17) is 11.6 Å². The highest BCUT2D eigenvalue weighted by molar-refractivity contribution is 6.33. The summed E-state index contributed by atoms with van der Waals surface area (Å²) in [6.45, 7) is 0.414. The highest BCUT2D eigenvalue weighted by Gasteiger charge is 2.31. The average molecular weight is 418 g/mol. The van der Waals surface area contributed by atoms with E-state index < -0.39 is 45.4 Å². The first-order chi connectivity index (χ1) is 13.4. The van der Waals surface area contributed by atoms with Crippen molar-refractivity contribution in [2.45, 2.75) is 25.7 Å². The molecular weight excluding hydrogens is 405 g/mol. The zero-order valence-corrected chi connectivity index (χ0v) is 15.0. The van der Waals surface area contributed by atoms with Gasteiger partial charge in [-0.05, 0) is 18.8 Å². The third-order valence-corrected chi connectivity index (χ3v) is 5.15. The molecule has 1 N–H and O–H groups in total. The fraction of sp³-hybridized carbons (Fsp3) is 0.353. The Hall–Kier alpha value is -2.49. The van der Waals surface area contributed by atoms with Gasteiger partial charge in [-0.15, -0.1) is 0 Å². The van der Waals surface area contributed by atoms with Gasteiger partial charge in [-0.25, -0.2) is 22.0 Å². The number of halogens is 6. The molecule has 11 heteroatoms. The maximum Gasteiger partial charge on any atom is 0.255 e. The molecule has 1 fully saturated rings. The first kappa shape index (κ1) is 18.9. The Morgan fingerprint density at radius 1 is 0.964 bits per heavy atom. The summed E-state index contributed by atoms with van der Waals surface area (Å²) < 4.78 is 71.0. The van der Waals surface area contributed by atoms with Crippen molar-refractivity contribution < 1.29 is 22.0 Å². The van der Waals surface area contributed by atoms with Gasteiger partial charge in [-0.1, -0.05) is 24.4 Å². The summed E-state index contributed by atoms with van der Waals surface area (Å²) in [4.78, 5) is 7.73. The number of hydrogen-bond acceptors (Lipinski definition) is 4. The fourth-order valence-electron chi connectivity index (χ4n) is 3.48. The van der Waals surface area contributed by atoms with E-state index in [1.54, 1.807) is 0 Å². The molecule has 0 atom stereocenters. The molecule has 0 spiro atoms. The average Bonchev–Trinajstić information content (AvgIpc) is 3.36. The standard InChI is InChI=1S/C17H13ClF5N5/c18-15-9(8-10(19)12(21)14(23)13(22)11(8)20)16(24-5-7-3-1-2-4-7)28-17(27-15)25-6-26-28/h6-7,24H,1-5H2. The minimum absolute atomic E-state index is 0.0199. The van der Waals surface area contributed by atoms with Crippen molar-refractivity contribution >= 4 is 23.2 Å². The molecule has 0 bridgehead atoms. The smallest absolute Gasteiger partial charge is 0.255 e. The molecule has 3 aromatic rings. The zero-order chi connectivity index (χ0) is 20.0. The lowest BCUT2D eigenvalue weighted by Crippen LogP contribution is -2.16. The van der Waals surface area contributed by atoms with Crippen LogP contribution in [0.4, 0.5) is 27.8 Å². The largest absolute Gasteiger partial charge is 0.369 e. The molecule has 4 rings (SSSR count). The van der Waals surface area contributed by atoms with Crippen LogP contribution in [0.15, 0.2) is 6.33 Å². The van der Waals surface area contributed by atoms with E-state index >= 15 is 0 Å². The van der Waals surface area contributed by atoms with Gasteiger partial charge in [0.05, 0.1) is 11.1 Å². The van der Waals surface area contributed by atoms with Gasteiger partial charge in [0.2, 0.25) is 5.82 Å². The number of benzene rings is 1. The molecule has 2 heterocycles. The summed E-state index contributed by atoms with van der Waals surface area (Å²) in [6, 6.07) is 0. The minimum Gasteiger partial charge on any atom is -0.369 e. The zero-order valence-electron chi connectivity index (χ0n) is 14.2. The number of aromatic nitrogens is 4. The maximum atomic E-state index is 14.4. The Bertz CT molecular complexity index is 1040. The second kappa shape index (κ2) is 7.16. The molecule has 2 aromatic heterocycles. The third-order valence-electron chi connectivity index (χ3n) is 4.88. The minimum atomic E-state index is -2.25. The summed E-state index contributed by atoms with van der Waals surface area (Å²) in [5, 5.41) is 6.46. The molecule has 0 saturated heterocycles. The molecule has 5 nitrogen and oxygen atoms in total. The first-order valence-corrected chi connectivity index (χ1v) is 8.92. The number of nitrogens with one attached hydrogen (secondary N) is 1. The quantitative estimate of drug-likeness (QED) is 0.288. The van der Waals surface area contributed by atoms with Gasteiger partial charge in [0.25, 0.3) is 5.78 Å². The van der Waals surface area contributed by atoms with Crippen LogP contribution >= 0.6 is 11.6 Å². The monoisotopic (exact) mass is 417 g/mol. The maximum absolute atomic E-state index is 14.4. The van der Waals surface area contributed by atoms with E-state index in [9.17, 15) is 22.0 Å². The van der Waals surface area contributed by atoms with E-state index in [1.807, 2.05) is 0 Å². The van der Waals surface area contributed by atoms with Crippen LogP contribution in [-0.2, 0) is 0 Å². The number of anilines is 1. The number of hydrogen-bond donors (Lipinski definition) is 1. The Morgan fingerprint density at radius 2 is 1.57 bits per heavy atom. The van der Waals surface area contributed by atoms with E-state index in [0.717, 1.165) is 36.5 Å². The van der Waals surface area contributed by atoms with Crippen LogP contribution in [0.25, 0.3) is 16.9 Å². The summed E-state index contributed by atoms with van der Waals surface area (Å²) >= 11 is 6.08. The second-order valence-corrected chi connectivity index (χ2v) is 6.93. The lowest BCUT2D eigenvalue weighted by Gasteiger charge is -2.18. The van der Waals surface area contributed by atoms with Gasteiger partial charge >= 0.3 is 0 Å². The third kappa shape index (κ3) is 2.95. The Morgan fingerprint density at radius 3 is 2.21 bits per heavy atom. The van der Waals surface area contributed by atoms with Crippen LogP contribution in [0.3, 0.4) is 0 Å². The van der Waals surface area contributed by atoms with Crippen LogP contribution in [0.1, 0.15) is 25.7 Å². The predicted molar refractivity (Wildman–Crippen MR) is 91.5 cm³/mol. The first-order valence-electron chi connectivity index (χ1n) is 8.55. The topological polar surface area (TPSA) is 55.1 Å². The summed E-state index contributed by atoms with van der Waals surface area (Å²) in [5.74, 6) is -10.1. The molecule has 0 unspecified atom stereocenters. The van der Waals surface area contributed by atoms with Crippen molar-refractivity contribution in [2.24, 2.45) is 5.92 Å². The molecule has 0 radical (unpaired) electrons. The van der Waals surface area contributed by atoms with E-state index in [-0.39, 0.29) is 11.6 Å². The van der Waals surface area contributed by atoms with Gasteiger partial charge in [0.15, 0.2) is 23.3 Å². The number of fused-ring (bicyclic) bond motifs is 1. The van der Waals surface area contributed by atoms with Gasteiger partial charge in [-0.3, -0.25) is 0 Å². The Kier molecular flexibility index (Phi) is 4.82. The molecule has 1 aliphatic carbocycles. The SMILES string of the molecule is Fc1c(F)c(F)c(-c2c(Cl)nc3ncnn3c2NCC2CCCC2)c(F)c1F. The highest BCUT2D eigenvalue weighted by atomic mass is 35.5. The molecule has 1 saturated carbocycles. The Labute approximate surface area is 160 Å². The number of nitrogens with zero attached hydrogens (tertiary/aromatic N) is 4. The number of rotatable bonds is 4. The van der Waals surface area contributed by atoms with Crippen LogP contribution in [0, 0.1) is 35.0 Å². The molecule has 28 heavy (non-hydrogen) atoms. The van der Waals surface area contributed by atoms with Gasteiger partial charge in [-0.2, -0.15) is 19.6 Å². The lowest BCUT2D eigenvalue weighted by molar-refractivity contribution is 0.381. The highest BCUT2D eigenvalue weighted by Crippen LogP contribution is 2.40. The molecular formula is C17H13ClF5N5. The normalized spacial score (nSPS) is 14.9. The van der Waals surface area contributed by atoms with E-state index in [0.29, 0.717) is 12.5 Å². The van der Waals surface area contributed by atoms with Crippen molar-refractivity contribution in [3.63, 3.8) is 0 Å². The molecule has 0 amide bonds.